The first-order chi connectivity index (χ1) is 7.07. The van der Waals surface area contributed by atoms with Crippen molar-refractivity contribution in [2.75, 3.05) is 12.4 Å². The number of nitrogens with one attached hydrogen (secondary N) is 1. The van der Waals surface area contributed by atoms with E-state index in [1.54, 1.807) is 11.3 Å². The minimum Gasteiger partial charge on any atom is -0.379 e. The van der Waals surface area contributed by atoms with Gasteiger partial charge in [0.1, 0.15) is 11.1 Å². The van der Waals surface area contributed by atoms with Crippen LogP contribution in [0.3, 0.4) is 0 Å². The molecule has 0 aliphatic heterocycles. The van der Waals surface area contributed by atoms with E-state index in [1.807, 2.05) is 7.05 Å². The normalized spacial score (nSPS) is 18.0. The molecule has 0 fully saturated rings. The van der Waals surface area contributed by atoms with Gasteiger partial charge in [0, 0.05) is 11.9 Å². The molecule has 1 aliphatic rings. The topological polar surface area (TPSA) is 35.8 Å². The number of hydrogen-bond acceptors (Lipinski definition) is 3. The van der Waals surface area contributed by atoms with Crippen LogP contribution in [0.15, 0.2) is 0 Å². The van der Waals surface area contributed by atoms with Crippen LogP contribution in [-0.2, 0) is 12.8 Å². The van der Waals surface area contributed by atoms with Gasteiger partial charge in [0.05, 0.1) is 5.56 Å². The van der Waals surface area contributed by atoms with Gasteiger partial charge in [-0.2, -0.15) is 5.26 Å². The highest BCUT2D eigenvalue weighted by atomic mass is 32.1. The molecule has 0 saturated carbocycles. The summed E-state index contributed by atoms with van der Waals surface area (Å²) in [5.74, 6) is 0. The van der Waals surface area contributed by atoms with Crippen molar-refractivity contribution in [2.45, 2.75) is 33.1 Å². The fraction of sp³-hybridized carbons (Fsp3) is 0.583. The zero-order valence-electron chi connectivity index (χ0n) is 9.48. The largest absolute Gasteiger partial charge is 0.379 e. The highest BCUT2D eigenvalue weighted by Crippen LogP contribution is 2.43. The van der Waals surface area contributed by atoms with Crippen molar-refractivity contribution in [3.05, 3.63) is 16.0 Å². The fourth-order valence-corrected chi connectivity index (χ4v) is 3.34. The van der Waals surface area contributed by atoms with Crippen LogP contribution in [0, 0.1) is 16.7 Å². The lowest BCUT2D eigenvalue weighted by molar-refractivity contribution is 0.317. The maximum atomic E-state index is 9.18. The standard InChI is InChI=1S/C12H16N2S/c1-12(2)5-4-10-8(6-12)9(7-13)11(14-3)15-10/h14H,4-6H2,1-3H3. The predicted molar refractivity (Wildman–Crippen MR) is 64.4 cm³/mol. The third kappa shape index (κ3) is 1.74. The molecule has 2 nitrogen and oxygen atoms in total. The van der Waals surface area contributed by atoms with E-state index in [1.165, 1.54) is 16.9 Å². The number of nitrogens with zero attached hydrogens (tertiary/aromatic N) is 1. The third-order valence-corrected chi connectivity index (χ3v) is 4.42. The lowest BCUT2D eigenvalue weighted by Crippen LogP contribution is -2.21. The molecule has 2 rings (SSSR count). The second-order valence-corrected chi connectivity index (χ2v) is 6.02. The molecule has 1 aliphatic carbocycles. The Morgan fingerprint density at radius 1 is 1.47 bits per heavy atom. The molecule has 15 heavy (non-hydrogen) atoms. The lowest BCUT2D eigenvalue weighted by atomic mass is 9.76. The number of anilines is 1. The summed E-state index contributed by atoms with van der Waals surface area (Å²) in [7, 11) is 1.89. The molecule has 0 bridgehead atoms. The summed E-state index contributed by atoms with van der Waals surface area (Å²) >= 11 is 1.75. The van der Waals surface area contributed by atoms with E-state index in [4.69, 9.17) is 0 Å². The maximum Gasteiger partial charge on any atom is 0.107 e. The van der Waals surface area contributed by atoms with Gasteiger partial charge < -0.3 is 5.32 Å². The zero-order valence-corrected chi connectivity index (χ0v) is 10.3. The van der Waals surface area contributed by atoms with Crippen molar-refractivity contribution < 1.29 is 0 Å². The van der Waals surface area contributed by atoms with Gasteiger partial charge in [-0.25, -0.2) is 0 Å². The van der Waals surface area contributed by atoms with Crippen molar-refractivity contribution in [1.82, 2.24) is 0 Å². The van der Waals surface area contributed by atoms with Crippen molar-refractivity contribution in [3.63, 3.8) is 0 Å². The number of fused-ring (bicyclic) bond motifs is 1. The summed E-state index contributed by atoms with van der Waals surface area (Å²) in [6.07, 6.45) is 3.40. The van der Waals surface area contributed by atoms with Crippen LogP contribution in [0.5, 0.6) is 0 Å². The van der Waals surface area contributed by atoms with Crippen molar-refractivity contribution in [3.8, 4) is 6.07 Å². The first-order valence-electron chi connectivity index (χ1n) is 5.30. The van der Waals surface area contributed by atoms with Crippen LogP contribution in [0.25, 0.3) is 0 Å². The van der Waals surface area contributed by atoms with E-state index >= 15 is 0 Å². The van der Waals surface area contributed by atoms with E-state index < -0.39 is 0 Å². The summed E-state index contributed by atoms with van der Waals surface area (Å²) < 4.78 is 0. The number of nitriles is 1. The molecule has 80 valence electrons. The molecule has 0 saturated heterocycles. The van der Waals surface area contributed by atoms with Gasteiger partial charge in [-0.15, -0.1) is 11.3 Å². The Bertz CT molecular complexity index is 424. The van der Waals surface area contributed by atoms with Crippen molar-refractivity contribution in [2.24, 2.45) is 5.41 Å². The third-order valence-electron chi connectivity index (χ3n) is 3.11. The molecule has 0 spiro atoms. The highest BCUT2D eigenvalue weighted by molar-refractivity contribution is 7.16. The number of rotatable bonds is 1. The van der Waals surface area contributed by atoms with Crippen molar-refractivity contribution >= 4 is 16.3 Å². The summed E-state index contributed by atoms with van der Waals surface area (Å²) in [6, 6.07) is 2.34. The second-order valence-electron chi connectivity index (χ2n) is 4.91. The van der Waals surface area contributed by atoms with Gasteiger partial charge in [-0.1, -0.05) is 13.8 Å². The molecular weight excluding hydrogens is 204 g/mol. The molecule has 1 aromatic heterocycles. The Morgan fingerprint density at radius 3 is 2.80 bits per heavy atom. The highest BCUT2D eigenvalue weighted by Gasteiger charge is 2.30. The molecule has 0 radical (unpaired) electrons. The summed E-state index contributed by atoms with van der Waals surface area (Å²) in [4.78, 5) is 1.41. The Balaban J connectivity index is 2.49. The summed E-state index contributed by atoms with van der Waals surface area (Å²) in [6.45, 7) is 4.57. The van der Waals surface area contributed by atoms with E-state index in [0.29, 0.717) is 5.41 Å². The van der Waals surface area contributed by atoms with Gasteiger partial charge in [0.25, 0.3) is 0 Å². The van der Waals surface area contributed by atoms with Gasteiger partial charge >= 0.3 is 0 Å². The molecule has 1 heterocycles. The fourth-order valence-electron chi connectivity index (χ4n) is 2.21. The average Bonchev–Trinajstić information content (AvgIpc) is 2.53. The van der Waals surface area contributed by atoms with Crippen LogP contribution in [0.2, 0.25) is 0 Å². The average molecular weight is 220 g/mol. The van der Waals surface area contributed by atoms with Gasteiger partial charge in [-0.05, 0) is 30.2 Å². The van der Waals surface area contributed by atoms with Crippen LogP contribution in [0.4, 0.5) is 5.00 Å². The van der Waals surface area contributed by atoms with Crippen LogP contribution in [0.1, 0.15) is 36.3 Å². The van der Waals surface area contributed by atoms with E-state index in [0.717, 1.165) is 23.4 Å². The van der Waals surface area contributed by atoms with E-state index in [-0.39, 0.29) is 0 Å². The van der Waals surface area contributed by atoms with Crippen molar-refractivity contribution in [1.29, 1.82) is 5.26 Å². The van der Waals surface area contributed by atoms with Gasteiger partial charge in [0.2, 0.25) is 0 Å². The smallest absolute Gasteiger partial charge is 0.107 e. The number of thiophene rings is 1. The van der Waals surface area contributed by atoms with Crippen LogP contribution >= 0.6 is 11.3 Å². The zero-order chi connectivity index (χ0) is 11.1. The molecule has 0 atom stereocenters. The Kier molecular flexibility index (Phi) is 2.47. The van der Waals surface area contributed by atoms with Gasteiger partial charge in [0.15, 0.2) is 0 Å². The predicted octanol–water partition coefficient (Wildman–Crippen LogP) is 3.18. The molecule has 1 aromatic rings. The second kappa shape index (κ2) is 3.53. The quantitative estimate of drug-likeness (QED) is 0.789. The monoisotopic (exact) mass is 220 g/mol. The Labute approximate surface area is 94.9 Å². The first-order valence-corrected chi connectivity index (χ1v) is 6.11. The van der Waals surface area contributed by atoms with Crippen LogP contribution in [-0.4, -0.2) is 7.05 Å². The van der Waals surface area contributed by atoms with Gasteiger partial charge in [-0.3, -0.25) is 0 Å². The maximum absolute atomic E-state index is 9.18. The molecule has 0 unspecified atom stereocenters. The number of aryl methyl sites for hydroxylation is 1. The lowest BCUT2D eigenvalue weighted by Gasteiger charge is -2.29. The molecule has 1 N–H and O–H groups in total. The molecule has 0 amide bonds. The first kappa shape index (κ1) is 10.5. The van der Waals surface area contributed by atoms with E-state index in [2.05, 4.69) is 25.2 Å². The minimum absolute atomic E-state index is 0.352. The number of hydrogen-bond donors (Lipinski definition) is 1. The minimum atomic E-state index is 0.352. The SMILES string of the molecule is CNc1sc2c(c1C#N)CC(C)(C)CC2. The molecular formula is C12H16N2S. The summed E-state index contributed by atoms with van der Waals surface area (Å²) in [5, 5.41) is 13.4. The molecule has 0 aromatic carbocycles. The summed E-state index contributed by atoms with van der Waals surface area (Å²) in [5.41, 5.74) is 2.53. The van der Waals surface area contributed by atoms with E-state index in [9.17, 15) is 5.26 Å². The molecule has 3 heteroatoms. The van der Waals surface area contributed by atoms with Crippen LogP contribution < -0.4 is 5.32 Å². The Hall–Kier alpha value is -1.01. The Morgan fingerprint density at radius 2 is 2.20 bits per heavy atom.